The highest BCUT2D eigenvalue weighted by Gasteiger charge is 2.20. The van der Waals surface area contributed by atoms with Gasteiger partial charge in [-0.3, -0.25) is 10.1 Å². The fourth-order valence-corrected chi connectivity index (χ4v) is 4.93. The van der Waals surface area contributed by atoms with Crippen molar-refractivity contribution < 1.29 is 19.1 Å². The molecule has 12 nitrogen and oxygen atoms in total. The monoisotopic (exact) mass is 590 g/mol. The van der Waals surface area contributed by atoms with E-state index in [0.29, 0.717) is 52.5 Å². The number of hydrogen-bond acceptors (Lipinski definition) is 8. The first-order chi connectivity index (χ1) is 20.4. The van der Waals surface area contributed by atoms with Crippen LogP contribution in [-0.4, -0.2) is 55.9 Å². The van der Waals surface area contributed by atoms with E-state index in [0.717, 1.165) is 30.5 Å². The quantitative estimate of drug-likeness (QED) is 0.264. The molecule has 1 aliphatic rings. The fourth-order valence-electron chi connectivity index (χ4n) is 4.75. The molecule has 0 fully saturated rings. The van der Waals surface area contributed by atoms with Crippen LogP contribution in [0.15, 0.2) is 55.0 Å². The number of aromatic nitrogens is 6. The van der Waals surface area contributed by atoms with Gasteiger partial charge in [-0.1, -0.05) is 31.4 Å². The van der Waals surface area contributed by atoms with E-state index in [1.165, 1.54) is 24.2 Å². The molecule has 3 N–H and O–H groups in total. The van der Waals surface area contributed by atoms with Gasteiger partial charge in [-0.05, 0) is 65.6 Å². The van der Waals surface area contributed by atoms with E-state index in [9.17, 15) is 9.59 Å². The number of methoxy groups -OCH3 is 1. The van der Waals surface area contributed by atoms with Gasteiger partial charge in [0, 0.05) is 34.0 Å². The van der Waals surface area contributed by atoms with Crippen LogP contribution in [0.4, 0.5) is 10.5 Å². The number of H-pyrrole nitrogens is 1. The minimum Gasteiger partial charge on any atom is -0.493 e. The summed E-state index contributed by atoms with van der Waals surface area (Å²) in [6.07, 6.45) is 9.21. The number of anilines is 1. The largest absolute Gasteiger partial charge is 0.493 e. The van der Waals surface area contributed by atoms with Gasteiger partial charge in [0.25, 0.3) is 0 Å². The number of nitrogens with zero attached hydrogens (tertiary/aromatic N) is 5. The van der Waals surface area contributed by atoms with Crippen molar-refractivity contribution in [2.45, 2.75) is 38.6 Å². The molecule has 5 rings (SSSR count). The molecule has 0 saturated carbocycles. The van der Waals surface area contributed by atoms with Gasteiger partial charge in [-0.15, -0.1) is 5.10 Å². The summed E-state index contributed by atoms with van der Waals surface area (Å²) < 4.78 is 12.4. The molecule has 42 heavy (non-hydrogen) atoms. The minimum atomic E-state index is -0.563. The molecule has 218 valence electrons. The fraction of sp³-hybridized carbons (Fsp3) is 0.310. The maximum Gasteiger partial charge on any atom is 0.411 e. The summed E-state index contributed by atoms with van der Waals surface area (Å²) >= 11 is 6.22. The number of nitrogens with one attached hydrogen (secondary N) is 3. The van der Waals surface area contributed by atoms with E-state index in [4.69, 9.17) is 21.1 Å². The van der Waals surface area contributed by atoms with Gasteiger partial charge >= 0.3 is 6.09 Å². The van der Waals surface area contributed by atoms with Gasteiger partial charge in [-0.2, -0.15) is 4.68 Å². The second kappa shape index (κ2) is 13.3. The van der Waals surface area contributed by atoms with E-state index in [-0.39, 0.29) is 11.9 Å². The lowest BCUT2D eigenvalue weighted by molar-refractivity contribution is -0.117. The Kier molecular flexibility index (Phi) is 9.12. The summed E-state index contributed by atoms with van der Waals surface area (Å²) in [5.74, 6) is 1.38. The minimum absolute atomic E-state index is 0.278. The van der Waals surface area contributed by atoms with Crippen molar-refractivity contribution in [3.05, 3.63) is 71.4 Å². The lowest BCUT2D eigenvalue weighted by atomic mass is 9.98. The van der Waals surface area contributed by atoms with Crippen LogP contribution in [0.1, 0.15) is 50.0 Å². The standard InChI is InChI=1S/C29H31ClN8O4/c1-18-4-3-5-23(34-27(39)11-6-19-14-20(30)7-10-25(19)38-17-32-36-37-38)28-31-16-24(35-28)22-9-8-21(33-29(40)41-2)15-26(22)42-13-12-18/h6-11,14-18,23H,3-5,12-13H2,1-2H3,(H,31,35)(H,33,40)(H,34,39). The lowest BCUT2D eigenvalue weighted by Crippen LogP contribution is -2.28. The van der Waals surface area contributed by atoms with Crippen LogP contribution < -0.4 is 15.4 Å². The van der Waals surface area contributed by atoms with E-state index < -0.39 is 6.09 Å². The van der Waals surface area contributed by atoms with Crippen LogP contribution in [0.25, 0.3) is 23.0 Å². The van der Waals surface area contributed by atoms with E-state index >= 15 is 0 Å². The SMILES string of the molecule is COC(=O)Nc1ccc2c(c1)OCCC(C)CCCC(NC(=O)C=Cc1cc(Cl)ccc1-n1cnnn1)c1ncc-2[nH]1. The Morgan fingerprint density at radius 1 is 1.19 bits per heavy atom. The van der Waals surface area contributed by atoms with Gasteiger partial charge in [0.15, 0.2) is 0 Å². The Morgan fingerprint density at radius 2 is 2.07 bits per heavy atom. The third kappa shape index (κ3) is 7.13. The van der Waals surface area contributed by atoms with E-state index in [1.807, 2.05) is 6.07 Å². The predicted octanol–water partition coefficient (Wildman–Crippen LogP) is 5.34. The average Bonchev–Trinajstić information content (AvgIpc) is 3.69. The molecule has 3 heterocycles. The molecule has 0 radical (unpaired) electrons. The third-order valence-electron chi connectivity index (χ3n) is 7.00. The van der Waals surface area contributed by atoms with Crippen LogP contribution in [0, 0.1) is 5.92 Å². The molecule has 2 aromatic carbocycles. The average molecular weight is 591 g/mol. The van der Waals surface area contributed by atoms with Gasteiger partial charge in [-0.25, -0.2) is 9.78 Å². The van der Waals surface area contributed by atoms with Crippen molar-refractivity contribution in [1.82, 2.24) is 35.5 Å². The van der Waals surface area contributed by atoms with Crippen LogP contribution in [0.3, 0.4) is 0 Å². The second-order valence-corrected chi connectivity index (χ2v) is 10.5. The third-order valence-corrected chi connectivity index (χ3v) is 7.24. The summed E-state index contributed by atoms with van der Waals surface area (Å²) in [5, 5.41) is 17.6. The number of tetrazole rings is 1. The Morgan fingerprint density at radius 3 is 2.88 bits per heavy atom. The van der Waals surface area contributed by atoms with Crippen LogP contribution in [0.5, 0.6) is 5.75 Å². The zero-order valence-electron chi connectivity index (χ0n) is 23.2. The van der Waals surface area contributed by atoms with Crippen LogP contribution in [0.2, 0.25) is 5.02 Å². The van der Waals surface area contributed by atoms with Gasteiger partial charge < -0.3 is 19.8 Å². The number of aromatic amines is 1. The zero-order chi connectivity index (χ0) is 29.5. The number of halogens is 1. The molecule has 2 unspecified atom stereocenters. The van der Waals surface area contributed by atoms with Crippen molar-refractivity contribution in [1.29, 1.82) is 0 Å². The molecular formula is C29H31ClN8O4. The Balaban J connectivity index is 1.39. The Hall–Kier alpha value is -4.71. The van der Waals surface area contributed by atoms with Gasteiger partial charge in [0.1, 0.15) is 17.9 Å². The van der Waals surface area contributed by atoms with Gasteiger partial charge in [0.05, 0.1) is 37.3 Å². The second-order valence-electron chi connectivity index (χ2n) is 10.0. The highest BCUT2D eigenvalue weighted by Crippen LogP contribution is 2.34. The molecule has 1 aliphatic heterocycles. The highest BCUT2D eigenvalue weighted by molar-refractivity contribution is 6.30. The number of carbonyl (C=O) groups is 2. The highest BCUT2D eigenvalue weighted by atomic mass is 35.5. The molecule has 0 spiro atoms. The first-order valence-electron chi connectivity index (χ1n) is 13.6. The molecule has 13 heteroatoms. The van der Waals surface area contributed by atoms with Crippen molar-refractivity contribution in [3.63, 3.8) is 0 Å². The summed E-state index contributed by atoms with van der Waals surface area (Å²) in [7, 11) is 1.31. The normalized spacial score (nSPS) is 17.2. The first kappa shape index (κ1) is 28.8. The predicted molar refractivity (Wildman–Crippen MR) is 157 cm³/mol. The van der Waals surface area contributed by atoms with Crippen molar-refractivity contribution in [2.75, 3.05) is 19.0 Å². The first-order valence-corrected chi connectivity index (χ1v) is 14.0. The maximum absolute atomic E-state index is 13.1. The molecular weight excluding hydrogens is 560 g/mol. The summed E-state index contributed by atoms with van der Waals surface area (Å²) in [6, 6.07) is 10.3. The number of imidazole rings is 1. The lowest BCUT2D eigenvalue weighted by Gasteiger charge is -2.17. The number of carbonyl (C=O) groups excluding carboxylic acids is 2. The maximum atomic E-state index is 13.1. The molecule has 2 bridgehead atoms. The van der Waals surface area contributed by atoms with Crippen molar-refractivity contribution >= 4 is 35.4 Å². The Bertz CT molecular complexity index is 1570. The molecule has 0 aliphatic carbocycles. The van der Waals surface area contributed by atoms with Crippen LogP contribution >= 0.6 is 11.6 Å². The number of fused-ring (bicyclic) bond motifs is 4. The van der Waals surface area contributed by atoms with E-state index in [2.05, 4.69) is 43.1 Å². The zero-order valence-corrected chi connectivity index (χ0v) is 24.0. The smallest absolute Gasteiger partial charge is 0.411 e. The summed E-state index contributed by atoms with van der Waals surface area (Å²) in [5.41, 5.74) is 3.45. The van der Waals surface area contributed by atoms with Crippen molar-refractivity contribution in [2.24, 2.45) is 5.92 Å². The summed E-state index contributed by atoms with van der Waals surface area (Å²) in [4.78, 5) is 32.9. The number of ether oxygens (including phenoxy) is 2. The molecule has 2 atom stereocenters. The topological polar surface area (TPSA) is 149 Å². The number of amides is 2. The number of rotatable bonds is 5. The number of benzene rings is 2. The Labute approximate surface area is 247 Å². The van der Waals surface area contributed by atoms with Crippen LogP contribution in [-0.2, 0) is 9.53 Å². The molecule has 2 amide bonds. The number of hydrogen-bond donors (Lipinski definition) is 3. The van der Waals surface area contributed by atoms with Gasteiger partial charge in [0.2, 0.25) is 5.91 Å². The summed E-state index contributed by atoms with van der Waals surface area (Å²) in [6.45, 7) is 2.71. The van der Waals surface area contributed by atoms with Crippen molar-refractivity contribution in [3.8, 4) is 22.7 Å². The molecule has 4 aromatic rings. The van der Waals surface area contributed by atoms with E-state index in [1.54, 1.807) is 42.6 Å². The molecule has 0 saturated heterocycles. The molecule has 2 aromatic heterocycles.